The standard InChI is InChI=1S/C10H14Br2N2O3/c1-17-10(16)2-3-14-6-8(12)9(13-14)4-7(15)5-11/h6-7,15H,2-5H2,1H3. The zero-order chi connectivity index (χ0) is 12.8. The van der Waals surface area contributed by atoms with Gasteiger partial charge in [-0.05, 0) is 15.9 Å². The second kappa shape index (κ2) is 7.13. The summed E-state index contributed by atoms with van der Waals surface area (Å²) in [7, 11) is 1.36. The number of carbonyl (C=O) groups is 1. The van der Waals surface area contributed by atoms with E-state index < -0.39 is 6.10 Å². The largest absolute Gasteiger partial charge is 0.469 e. The van der Waals surface area contributed by atoms with Crippen LogP contribution in [0.1, 0.15) is 12.1 Å². The first-order valence-corrected chi connectivity index (χ1v) is 7.01. The number of hydrogen-bond acceptors (Lipinski definition) is 4. The van der Waals surface area contributed by atoms with Crippen molar-refractivity contribution < 1.29 is 14.6 Å². The minimum absolute atomic E-state index is 0.265. The number of ether oxygens (including phenoxy) is 1. The average molecular weight is 370 g/mol. The van der Waals surface area contributed by atoms with E-state index in [-0.39, 0.29) is 12.4 Å². The first-order chi connectivity index (χ1) is 8.06. The van der Waals surface area contributed by atoms with Gasteiger partial charge in [0.2, 0.25) is 0 Å². The molecule has 0 saturated heterocycles. The van der Waals surface area contributed by atoms with Gasteiger partial charge in [-0.2, -0.15) is 5.10 Å². The quantitative estimate of drug-likeness (QED) is 0.609. The van der Waals surface area contributed by atoms with Crippen LogP contribution in [0, 0.1) is 0 Å². The highest BCUT2D eigenvalue weighted by atomic mass is 79.9. The number of hydrogen-bond donors (Lipinski definition) is 1. The zero-order valence-electron chi connectivity index (χ0n) is 9.40. The summed E-state index contributed by atoms with van der Waals surface area (Å²) >= 11 is 6.57. The molecular weight excluding hydrogens is 356 g/mol. The molecule has 0 aromatic carbocycles. The second-order valence-corrected chi connectivity index (χ2v) is 5.03. The maximum absolute atomic E-state index is 11.0. The fourth-order valence-corrected chi connectivity index (χ4v) is 1.98. The molecule has 96 valence electrons. The number of alkyl halides is 1. The van der Waals surface area contributed by atoms with Crippen molar-refractivity contribution >= 4 is 37.8 Å². The molecule has 5 nitrogen and oxygen atoms in total. The lowest BCUT2D eigenvalue weighted by atomic mass is 10.2. The Hall–Kier alpha value is -0.400. The summed E-state index contributed by atoms with van der Waals surface area (Å²) in [5, 5.41) is 14.3. The fraction of sp³-hybridized carbons (Fsp3) is 0.600. The number of aliphatic hydroxyl groups excluding tert-OH is 1. The van der Waals surface area contributed by atoms with Crippen molar-refractivity contribution in [1.29, 1.82) is 0 Å². The molecule has 0 aliphatic rings. The van der Waals surface area contributed by atoms with Gasteiger partial charge in [0, 0.05) is 17.9 Å². The number of aryl methyl sites for hydroxylation is 1. The van der Waals surface area contributed by atoms with Gasteiger partial charge in [-0.15, -0.1) is 0 Å². The van der Waals surface area contributed by atoms with E-state index in [1.54, 1.807) is 10.9 Å². The third kappa shape index (κ3) is 4.77. The molecule has 1 aromatic heterocycles. The number of rotatable bonds is 6. The van der Waals surface area contributed by atoms with Crippen molar-refractivity contribution in [3.05, 3.63) is 16.4 Å². The maximum Gasteiger partial charge on any atom is 0.307 e. The van der Waals surface area contributed by atoms with E-state index in [0.29, 0.717) is 18.3 Å². The number of methoxy groups -OCH3 is 1. The van der Waals surface area contributed by atoms with E-state index in [2.05, 4.69) is 41.7 Å². The Balaban J connectivity index is 2.58. The molecule has 0 bridgehead atoms. The number of nitrogens with zero attached hydrogens (tertiary/aromatic N) is 2. The molecule has 1 aromatic rings. The summed E-state index contributed by atoms with van der Waals surface area (Å²) in [6.07, 6.45) is 2.08. The lowest BCUT2D eigenvalue weighted by molar-refractivity contribution is -0.140. The van der Waals surface area contributed by atoms with Gasteiger partial charge < -0.3 is 9.84 Å². The minimum Gasteiger partial charge on any atom is -0.469 e. The lowest BCUT2D eigenvalue weighted by Crippen LogP contribution is -2.13. The Labute approximate surface area is 116 Å². The molecule has 0 aliphatic heterocycles. The Morgan fingerprint density at radius 2 is 2.41 bits per heavy atom. The average Bonchev–Trinajstić information content (AvgIpc) is 2.66. The summed E-state index contributed by atoms with van der Waals surface area (Å²) < 4.78 is 7.05. The van der Waals surface area contributed by atoms with Gasteiger partial charge >= 0.3 is 5.97 Å². The number of carbonyl (C=O) groups excluding carboxylic acids is 1. The Bertz CT molecular complexity index is 382. The third-order valence-corrected chi connectivity index (χ3v) is 3.58. The van der Waals surface area contributed by atoms with E-state index in [4.69, 9.17) is 0 Å². The first kappa shape index (κ1) is 14.7. The van der Waals surface area contributed by atoms with Gasteiger partial charge in [-0.25, -0.2) is 0 Å². The van der Waals surface area contributed by atoms with Crippen LogP contribution in [-0.4, -0.2) is 39.4 Å². The molecule has 1 atom stereocenters. The van der Waals surface area contributed by atoms with Gasteiger partial charge in [-0.1, -0.05) is 15.9 Å². The summed E-state index contributed by atoms with van der Waals surface area (Å²) in [6, 6.07) is 0. The number of aliphatic hydroxyl groups is 1. The Kier molecular flexibility index (Phi) is 6.15. The topological polar surface area (TPSA) is 64.3 Å². The van der Waals surface area contributed by atoms with E-state index in [0.717, 1.165) is 10.2 Å². The maximum atomic E-state index is 11.0. The van der Waals surface area contributed by atoms with E-state index in [1.165, 1.54) is 7.11 Å². The van der Waals surface area contributed by atoms with Crippen molar-refractivity contribution in [2.45, 2.75) is 25.5 Å². The highest BCUT2D eigenvalue weighted by molar-refractivity contribution is 9.10. The SMILES string of the molecule is COC(=O)CCn1cc(Br)c(CC(O)CBr)n1. The molecule has 1 heterocycles. The van der Waals surface area contributed by atoms with Gasteiger partial charge in [0.15, 0.2) is 0 Å². The van der Waals surface area contributed by atoms with Crippen LogP contribution >= 0.6 is 31.9 Å². The van der Waals surface area contributed by atoms with Crippen molar-refractivity contribution in [3.63, 3.8) is 0 Å². The van der Waals surface area contributed by atoms with Gasteiger partial charge in [0.25, 0.3) is 0 Å². The Morgan fingerprint density at radius 3 is 3.00 bits per heavy atom. The summed E-state index contributed by atoms with van der Waals surface area (Å²) in [5.74, 6) is -0.265. The Morgan fingerprint density at radius 1 is 1.71 bits per heavy atom. The molecule has 7 heteroatoms. The molecule has 1 rings (SSSR count). The molecule has 1 unspecified atom stereocenters. The van der Waals surface area contributed by atoms with Gasteiger partial charge in [0.05, 0.1) is 36.3 Å². The van der Waals surface area contributed by atoms with Crippen LogP contribution in [0.15, 0.2) is 10.7 Å². The zero-order valence-corrected chi connectivity index (χ0v) is 12.6. The third-order valence-electron chi connectivity index (χ3n) is 2.17. The predicted molar refractivity (Wildman–Crippen MR) is 70.1 cm³/mol. The molecule has 0 amide bonds. The highest BCUT2D eigenvalue weighted by Gasteiger charge is 2.12. The fourth-order valence-electron chi connectivity index (χ4n) is 1.28. The molecule has 0 spiro atoms. The molecule has 0 aliphatic carbocycles. The van der Waals surface area contributed by atoms with Crippen molar-refractivity contribution in [2.24, 2.45) is 0 Å². The van der Waals surface area contributed by atoms with Crippen molar-refractivity contribution in [1.82, 2.24) is 9.78 Å². The van der Waals surface area contributed by atoms with Crippen molar-refractivity contribution in [2.75, 3.05) is 12.4 Å². The van der Waals surface area contributed by atoms with Crippen LogP contribution in [0.25, 0.3) is 0 Å². The van der Waals surface area contributed by atoms with Crippen LogP contribution in [0.4, 0.5) is 0 Å². The lowest BCUT2D eigenvalue weighted by Gasteiger charge is -2.04. The van der Waals surface area contributed by atoms with E-state index in [1.807, 2.05) is 0 Å². The van der Waals surface area contributed by atoms with Crippen molar-refractivity contribution in [3.8, 4) is 0 Å². The van der Waals surface area contributed by atoms with Crippen LogP contribution in [0.2, 0.25) is 0 Å². The summed E-state index contributed by atoms with van der Waals surface area (Å²) in [6.45, 7) is 0.468. The van der Waals surface area contributed by atoms with Gasteiger partial charge in [0.1, 0.15) is 0 Å². The summed E-state index contributed by atoms with van der Waals surface area (Å²) in [5.41, 5.74) is 0.779. The monoisotopic (exact) mass is 368 g/mol. The molecule has 0 fully saturated rings. The summed E-state index contributed by atoms with van der Waals surface area (Å²) in [4.78, 5) is 11.0. The van der Waals surface area contributed by atoms with E-state index in [9.17, 15) is 9.90 Å². The van der Waals surface area contributed by atoms with E-state index >= 15 is 0 Å². The van der Waals surface area contributed by atoms with Gasteiger partial charge in [-0.3, -0.25) is 9.48 Å². The number of esters is 1. The highest BCUT2D eigenvalue weighted by Crippen LogP contribution is 2.17. The van der Waals surface area contributed by atoms with Crippen LogP contribution in [0.5, 0.6) is 0 Å². The van der Waals surface area contributed by atoms with Crippen LogP contribution in [-0.2, 0) is 22.5 Å². The first-order valence-electron chi connectivity index (χ1n) is 5.09. The predicted octanol–water partition coefficient (Wildman–Crippen LogP) is 1.51. The minimum atomic E-state index is -0.463. The molecule has 17 heavy (non-hydrogen) atoms. The van der Waals surface area contributed by atoms with Crippen LogP contribution < -0.4 is 0 Å². The molecule has 1 N–H and O–H groups in total. The normalized spacial score (nSPS) is 12.5. The molecular formula is C10H14Br2N2O3. The van der Waals surface area contributed by atoms with Crippen LogP contribution in [0.3, 0.4) is 0 Å². The molecule has 0 saturated carbocycles. The number of aromatic nitrogens is 2. The smallest absolute Gasteiger partial charge is 0.307 e. The molecule has 0 radical (unpaired) electrons. The number of halogens is 2. The second-order valence-electron chi connectivity index (χ2n) is 3.53.